The molecule has 0 amide bonds. The lowest BCUT2D eigenvalue weighted by atomic mass is 9.98. The van der Waals surface area contributed by atoms with Gasteiger partial charge in [-0.1, -0.05) is 18.2 Å². The Balaban J connectivity index is 1.89. The molecule has 2 N–H and O–H groups in total. The summed E-state index contributed by atoms with van der Waals surface area (Å²) in [6, 6.07) is 10.9. The fourth-order valence-corrected chi connectivity index (χ4v) is 3.09. The van der Waals surface area contributed by atoms with Gasteiger partial charge in [-0.2, -0.15) is 0 Å². The van der Waals surface area contributed by atoms with E-state index in [1.165, 1.54) is 40.5 Å². The number of fused-ring (bicyclic) bond motifs is 1. The Labute approximate surface area is 124 Å². The van der Waals surface area contributed by atoms with Gasteiger partial charge < -0.3 is 10.3 Å². The van der Waals surface area contributed by atoms with Gasteiger partial charge in [0, 0.05) is 24.3 Å². The van der Waals surface area contributed by atoms with Crippen LogP contribution in [-0.2, 0) is 6.54 Å². The van der Waals surface area contributed by atoms with Gasteiger partial charge in [0.15, 0.2) is 0 Å². The Morgan fingerprint density at radius 3 is 3.00 bits per heavy atom. The smallest absolute Gasteiger partial charge is 0.138 e. The Morgan fingerprint density at radius 1 is 1.29 bits per heavy atom. The molecule has 1 aliphatic carbocycles. The number of pyridine rings is 1. The van der Waals surface area contributed by atoms with Crippen LogP contribution in [0, 0.1) is 0 Å². The number of nitrogens with one attached hydrogen (secondary N) is 2. The zero-order chi connectivity index (χ0) is 14.2. The van der Waals surface area contributed by atoms with E-state index >= 15 is 0 Å². The van der Waals surface area contributed by atoms with Gasteiger partial charge in [0.1, 0.15) is 5.65 Å². The van der Waals surface area contributed by atoms with Crippen molar-refractivity contribution in [3.63, 3.8) is 0 Å². The summed E-state index contributed by atoms with van der Waals surface area (Å²) < 4.78 is 0. The van der Waals surface area contributed by atoms with Gasteiger partial charge in [-0.15, -0.1) is 0 Å². The quantitative estimate of drug-likeness (QED) is 0.761. The Bertz CT molecular complexity index is 784. The fraction of sp³-hybridized carbons (Fsp3) is 0.278. The van der Waals surface area contributed by atoms with Crippen molar-refractivity contribution in [1.82, 2.24) is 15.3 Å². The summed E-state index contributed by atoms with van der Waals surface area (Å²) in [7, 11) is 1.98. The molecule has 21 heavy (non-hydrogen) atoms. The maximum absolute atomic E-state index is 4.49. The van der Waals surface area contributed by atoms with E-state index in [9.17, 15) is 0 Å². The highest BCUT2D eigenvalue weighted by Crippen LogP contribution is 2.45. The molecule has 4 rings (SSSR count). The average molecular weight is 277 g/mol. The molecule has 1 saturated carbocycles. The molecular weight excluding hydrogens is 258 g/mol. The normalized spacial score (nSPS) is 14.7. The second kappa shape index (κ2) is 5.01. The number of nitrogens with zero attached hydrogens (tertiary/aromatic N) is 1. The van der Waals surface area contributed by atoms with Gasteiger partial charge >= 0.3 is 0 Å². The zero-order valence-electron chi connectivity index (χ0n) is 12.2. The first-order chi connectivity index (χ1) is 10.4. The maximum Gasteiger partial charge on any atom is 0.138 e. The molecule has 0 aliphatic heterocycles. The number of benzene rings is 1. The molecule has 2 heterocycles. The molecule has 0 spiro atoms. The molecule has 0 radical (unpaired) electrons. The third kappa shape index (κ3) is 2.24. The van der Waals surface area contributed by atoms with E-state index in [-0.39, 0.29) is 0 Å². The number of aromatic amines is 1. The average Bonchev–Trinajstić information content (AvgIpc) is 3.27. The number of aromatic nitrogens is 2. The third-order valence-corrected chi connectivity index (χ3v) is 4.24. The van der Waals surface area contributed by atoms with E-state index in [4.69, 9.17) is 0 Å². The van der Waals surface area contributed by atoms with Crippen LogP contribution in [0.2, 0.25) is 0 Å². The largest absolute Gasteiger partial charge is 0.346 e. The van der Waals surface area contributed by atoms with Crippen LogP contribution in [0.5, 0.6) is 0 Å². The van der Waals surface area contributed by atoms with E-state index in [1.807, 2.05) is 13.2 Å². The molecule has 2 aromatic heterocycles. The predicted octanol–water partition coefficient (Wildman–Crippen LogP) is 3.83. The first-order valence-corrected chi connectivity index (χ1v) is 7.56. The van der Waals surface area contributed by atoms with Crippen LogP contribution in [-0.4, -0.2) is 17.0 Å². The lowest BCUT2D eigenvalue weighted by molar-refractivity contribution is 0.818. The highest BCUT2D eigenvalue weighted by Gasteiger charge is 2.27. The summed E-state index contributed by atoms with van der Waals surface area (Å²) in [6.07, 6.45) is 6.66. The van der Waals surface area contributed by atoms with Gasteiger partial charge in [-0.3, -0.25) is 0 Å². The van der Waals surface area contributed by atoms with Crippen LogP contribution < -0.4 is 5.32 Å². The second-order valence-corrected chi connectivity index (χ2v) is 5.83. The number of H-pyrrole nitrogens is 1. The fourth-order valence-electron chi connectivity index (χ4n) is 3.09. The lowest BCUT2D eigenvalue weighted by Crippen LogP contribution is -2.04. The minimum absolute atomic E-state index is 0.724. The molecule has 106 valence electrons. The number of rotatable bonds is 4. The summed E-state index contributed by atoms with van der Waals surface area (Å²) in [5.41, 5.74) is 6.32. The maximum atomic E-state index is 4.49. The molecule has 1 fully saturated rings. The van der Waals surface area contributed by atoms with Crippen molar-refractivity contribution < 1.29 is 0 Å². The van der Waals surface area contributed by atoms with Crippen molar-refractivity contribution in [2.24, 2.45) is 0 Å². The summed E-state index contributed by atoms with van der Waals surface area (Å²) in [5.74, 6) is 0.724. The van der Waals surface area contributed by atoms with Crippen LogP contribution in [0.3, 0.4) is 0 Å². The Morgan fingerprint density at radius 2 is 2.19 bits per heavy atom. The van der Waals surface area contributed by atoms with Crippen LogP contribution in [0.15, 0.2) is 42.7 Å². The van der Waals surface area contributed by atoms with Crippen LogP contribution in [0.25, 0.3) is 22.2 Å². The van der Waals surface area contributed by atoms with Crippen molar-refractivity contribution in [2.75, 3.05) is 7.05 Å². The second-order valence-electron chi connectivity index (χ2n) is 5.83. The molecule has 0 bridgehead atoms. The first-order valence-electron chi connectivity index (χ1n) is 7.56. The minimum atomic E-state index is 0.724. The van der Waals surface area contributed by atoms with Gasteiger partial charge in [0.05, 0.1) is 0 Å². The van der Waals surface area contributed by atoms with Crippen LogP contribution >= 0.6 is 0 Å². The molecule has 1 aromatic carbocycles. The highest BCUT2D eigenvalue weighted by atomic mass is 14.8. The molecule has 3 heteroatoms. The predicted molar refractivity (Wildman–Crippen MR) is 86.3 cm³/mol. The Hall–Kier alpha value is -2.13. The van der Waals surface area contributed by atoms with Crippen molar-refractivity contribution >= 4 is 11.0 Å². The molecule has 0 unspecified atom stereocenters. The van der Waals surface area contributed by atoms with Gasteiger partial charge in [-0.25, -0.2) is 4.98 Å². The van der Waals surface area contributed by atoms with Gasteiger partial charge in [-0.05, 0) is 60.2 Å². The van der Waals surface area contributed by atoms with Crippen molar-refractivity contribution in [2.45, 2.75) is 25.3 Å². The molecular formula is C18H19N3. The van der Waals surface area contributed by atoms with E-state index in [1.54, 1.807) is 0 Å². The molecule has 1 aliphatic rings. The van der Waals surface area contributed by atoms with E-state index in [0.29, 0.717) is 0 Å². The lowest BCUT2D eigenvalue weighted by Gasteiger charge is -2.08. The molecule has 0 saturated heterocycles. The topological polar surface area (TPSA) is 40.7 Å². The highest BCUT2D eigenvalue weighted by molar-refractivity contribution is 5.96. The minimum Gasteiger partial charge on any atom is -0.346 e. The monoisotopic (exact) mass is 277 g/mol. The van der Waals surface area contributed by atoms with Crippen molar-refractivity contribution in [3.8, 4) is 11.1 Å². The van der Waals surface area contributed by atoms with Gasteiger partial charge in [0.2, 0.25) is 0 Å². The van der Waals surface area contributed by atoms with Crippen molar-refractivity contribution in [3.05, 3.63) is 53.9 Å². The summed E-state index contributed by atoms with van der Waals surface area (Å²) >= 11 is 0. The van der Waals surface area contributed by atoms with E-state index in [0.717, 1.165) is 18.1 Å². The van der Waals surface area contributed by atoms with Crippen LogP contribution in [0.4, 0.5) is 0 Å². The van der Waals surface area contributed by atoms with Gasteiger partial charge in [0.25, 0.3) is 0 Å². The molecule has 3 nitrogen and oxygen atoms in total. The third-order valence-electron chi connectivity index (χ3n) is 4.24. The van der Waals surface area contributed by atoms with Crippen LogP contribution in [0.1, 0.15) is 29.9 Å². The molecule has 3 aromatic rings. The molecule has 0 atom stereocenters. The number of hydrogen-bond acceptors (Lipinski definition) is 2. The Kier molecular flexibility index (Phi) is 3.00. The summed E-state index contributed by atoms with van der Waals surface area (Å²) in [6.45, 7) is 0.894. The number of hydrogen-bond donors (Lipinski definition) is 2. The zero-order valence-corrected chi connectivity index (χ0v) is 12.2. The SMILES string of the molecule is CNCc1cccc(-c2ccnc3[nH]cc(C4CC4)c23)c1. The summed E-state index contributed by atoms with van der Waals surface area (Å²) in [5, 5.41) is 4.52. The van der Waals surface area contributed by atoms with E-state index in [2.05, 4.69) is 51.8 Å². The first kappa shape index (κ1) is 12.6. The van der Waals surface area contributed by atoms with Crippen molar-refractivity contribution in [1.29, 1.82) is 0 Å². The standard InChI is InChI=1S/C18H19N3/c1-19-10-12-3-2-4-14(9-12)15-7-8-20-18-17(15)16(11-21-18)13-5-6-13/h2-4,7-9,11,13,19H,5-6,10H2,1H3,(H,20,21). The summed E-state index contributed by atoms with van der Waals surface area (Å²) in [4.78, 5) is 7.83. The van der Waals surface area contributed by atoms with E-state index < -0.39 is 0 Å².